The van der Waals surface area contributed by atoms with Gasteiger partial charge in [-0.25, -0.2) is 9.37 Å². The van der Waals surface area contributed by atoms with Crippen molar-refractivity contribution in [1.29, 1.82) is 0 Å². The van der Waals surface area contributed by atoms with E-state index in [-0.39, 0.29) is 11.6 Å². The summed E-state index contributed by atoms with van der Waals surface area (Å²) in [6.07, 6.45) is 0. The van der Waals surface area contributed by atoms with E-state index in [9.17, 15) is 4.39 Å². The molecule has 3 rings (SSSR count). The number of H-pyrrole nitrogens is 1. The summed E-state index contributed by atoms with van der Waals surface area (Å²) < 4.78 is 13.7. The van der Waals surface area contributed by atoms with Crippen LogP contribution in [-0.2, 0) is 0 Å². The topological polar surface area (TPSA) is 67.6 Å². The van der Waals surface area contributed by atoms with Crippen LogP contribution in [0.25, 0.3) is 11.4 Å². The molecule has 0 amide bonds. The van der Waals surface area contributed by atoms with Gasteiger partial charge in [-0.05, 0) is 29.8 Å². The Balaban J connectivity index is 1.91. The normalized spacial score (nSPS) is 12.3. The van der Waals surface area contributed by atoms with Crippen LogP contribution in [0.4, 0.5) is 4.39 Å². The molecule has 0 radical (unpaired) electrons. The number of hydrogen-bond acceptors (Lipinski definition) is 3. The van der Waals surface area contributed by atoms with E-state index in [1.165, 1.54) is 6.07 Å². The van der Waals surface area contributed by atoms with Crippen LogP contribution < -0.4 is 5.73 Å². The lowest BCUT2D eigenvalue weighted by Gasteiger charge is -2.08. The monoisotopic (exact) mass is 302 g/mol. The SMILES string of the molecule is NC(c1ccc(Cl)cc1)c1nc(-c2ccccc2F)n[nH]1. The Bertz CT molecular complexity index is 754. The maximum Gasteiger partial charge on any atom is 0.184 e. The number of hydrogen-bond donors (Lipinski definition) is 2. The second kappa shape index (κ2) is 5.63. The summed E-state index contributed by atoms with van der Waals surface area (Å²) >= 11 is 5.85. The molecule has 4 nitrogen and oxygen atoms in total. The fourth-order valence-corrected chi connectivity index (χ4v) is 2.13. The van der Waals surface area contributed by atoms with E-state index >= 15 is 0 Å². The largest absolute Gasteiger partial charge is 0.318 e. The summed E-state index contributed by atoms with van der Waals surface area (Å²) in [6, 6.07) is 13.0. The molecular formula is C15H12ClFN4. The zero-order chi connectivity index (χ0) is 14.8. The van der Waals surface area contributed by atoms with E-state index in [1.54, 1.807) is 30.3 Å². The van der Waals surface area contributed by atoms with Crippen LogP contribution in [-0.4, -0.2) is 15.2 Å². The Morgan fingerprint density at radius 2 is 1.81 bits per heavy atom. The van der Waals surface area contributed by atoms with E-state index in [0.717, 1.165) is 5.56 Å². The Morgan fingerprint density at radius 1 is 1.10 bits per heavy atom. The number of nitrogens with one attached hydrogen (secondary N) is 1. The van der Waals surface area contributed by atoms with Gasteiger partial charge in [0.15, 0.2) is 5.82 Å². The zero-order valence-electron chi connectivity index (χ0n) is 10.9. The summed E-state index contributed by atoms with van der Waals surface area (Å²) in [4.78, 5) is 4.28. The molecule has 0 bridgehead atoms. The molecule has 0 fully saturated rings. The van der Waals surface area contributed by atoms with Crippen LogP contribution in [0.3, 0.4) is 0 Å². The maximum absolute atomic E-state index is 13.7. The third-order valence-electron chi connectivity index (χ3n) is 3.14. The van der Waals surface area contributed by atoms with Gasteiger partial charge in [-0.2, -0.15) is 5.10 Å². The standard InChI is InChI=1S/C15H12ClFN4/c16-10-7-5-9(6-8-10)13(18)15-19-14(20-21-15)11-3-1-2-4-12(11)17/h1-8,13H,18H2,(H,19,20,21). The number of nitrogens with two attached hydrogens (primary N) is 1. The Hall–Kier alpha value is -2.24. The highest BCUT2D eigenvalue weighted by molar-refractivity contribution is 6.30. The third-order valence-corrected chi connectivity index (χ3v) is 3.39. The van der Waals surface area contributed by atoms with Gasteiger partial charge in [-0.15, -0.1) is 0 Å². The first-order chi connectivity index (χ1) is 10.1. The number of aromatic nitrogens is 3. The van der Waals surface area contributed by atoms with Gasteiger partial charge >= 0.3 is 0 Å². The molecule has 106 valence electrons. The molecule has 21 heavy (non-hydrogen) atoms. The van der Waals surface area contributed by atoms with E-state index in [1.807, 2.05) is 12.1 Å². The van der Waals surface area contributed by atoms with Gasteiger partial charge in [0.25, 0.3) is 0 Å². The highest BCUT2D eigenvalue weighted by atomic mass is 35.5. The molecule has 0 saturated heterocycles. The summed E-state index contributed by atoms with van der Waals surface area (Å²) in [6.45, 7) is 0. The number of benzene rings is 2. The quantitative estimate of drug-likeness (QED) is 0.780. The predicted molar refractivity (Wildman–Crippen MR) is 79.3 cm³/mol. The Morgan fingerprint density at radius 3 is 2.52 bits per heavy atom. The number of rotatable bonds is 3. The van der Waals surface area contributed by atoms with Crippen LogP contribution in [0.2, 0.25) is 5.02 Å². The lowest BCUT2D eigenvalue weighted by Crippen LogP contribution is -2.13. The summed E-state index contributed by atoms with van der Waals surface area (Å²) in [5, 5.41) is 7.42. The average Bonchev–Trinajstić information content (AvgIpc) is 2.97. The molecule has 1 heterocycles. The first-order valence-electron chi connectivity index (χ1n) is 6.33. The minimum absolute atomic E-state index is 0.285. The highest BCUT2D eigenvalue weighted by Gasteiger charge is 2.16. The average molecular weight is 303 g/mol. The van der Waals surface area contributed by atoms with E-state index in [0.29, 0.717) is 16.4 Å². The zero-order valence-corrected chi connectivity index (χ0v) is 11.7. The fraction of sp³-hybridized carbons (Fsp3) is 0.0667. The molecule has 3 aromatic rings. The number of halogens is 2. The van der Waals surface area contributed by atoms with Crippen molar-refractivity contribution < 1.29 is 4.39 Å². The van der Waals surface area contributed by atoms with Crippen molar-refractivity contribution in [2.45, 2.75) is 6.04 Å². The van der Waals surface area contributed by atoms with Crippen LogP contribution in [0, 0.1) is 5.82 Å². The molecule has 6 heteroatoms. The van der Waals surface area contributed by atoms with Crippen molar-refractivity contribution in [3.8, 4) is 11.4 Å². The second-order valence-corrected chi connectivity index (χ2v) is 4.99. The number of aromatic amines is 1. The fourth-order valence-electron chi connectivity index (χ4n) is 2.00. The van der Waals surface area contributed by atoms with Crippen molar-refractivity contribution in [1.82, 2.24) is 15.2 Å². The van der Waals surface area contributed by atoms with Crippen LogP contribution in [0.15, 0.2) is 48.5 Å². The molecule has 2 aromatic carbocycles. The van der Waals surface area contributed by atoms with E-state index < -0.39 is 6.04 Å². The van der Waals surface area contributed by atoms with Gasteiger partial charge in [0.1, 0.15) is 11.6 Å². The Labute approximate surface area is 125 Å². The van der Waals surface area contributed by atoms with Crippen molar-refractivity contribution in [2.75, 3.05) is 0 Å². The first-order valence-corrected chi connectivity index (χ1v) is 6.71. The smallest absolute Gasteiger partial charge is 0.184 e. The van der Waals surface area contributed by atoms with Crippen molar-refractivity contribution >= 4 is 11.6 Å². The van der Waals surface area contributed by atoms with Gasteiger partial charge in [0, 0.05) is 5.02 Å². The van der Waals surface area contributed by atoms with E-state index in [4.69, 9.17) is 17.3 Å². The highest BCUT2D eigenvalue weighted by Crippen LogP contribution is 2.22. The lowest BCUT2D eigenvalue weighted by atomic mass is 10.1. The molecule has 0 aliphatic rings. The molecule has 0 aliphatic heterocycles. The summed E-state index contributed by atoms with van der Waals surface area (Å²) in [5.74, 6) is 0.381. The molecule has 3 N–H and O–H groups in total. The van der Waals surface area contributed by atoms with Crippen LogP contribution >= 0.6 is 11.6 Å². The molecule has 0 aliphatic carbocycles. The Kier molecular flexibility index (Phi) is 3.68. The molecule has 0 saturated carbocycles. The van der Waals surface area contributed by atoms with Gasteiger partial charge in [0.05, 0.1) is 11.6 Å². The predicted octanol–water partition coefficient (Wildman–Crippen LogP) is 3.31. The van der Waals surface area contributed by atoms with Crippen LogP contribution in [0.5, 0.6) is 0 Å². The molecule has 1 atom stereocenters. The molecule has 0 spiro atoms. The van der Waals surface area contributed by atoms with Crippen molar-refractivity contribution in [2.24, 2.45) is 5.73 Å². The van der Waals surface area contributed by atoms with E-state index in [2.05, 4.69) is 15.2 Å². The van der Waals surface area contributed by atoms with Crippen molar-refractivity contribution in [3.63, 3.8) is 0 Å². The van der Waals surface area contributed by atoms with Gasteiger partial charge in [-0.3, -0.25) is 5.10 Å². The third kappa shape index (κ3) is 2.79. The molecule has 1 aromatic heterocycles. The summed E-state index contributed by atoms with van der Waals surface area (Å²) in [5.41, 5.74) is 7.30. The minimum atomic E-state index is -0.477. The first kappa shape index (κ1) is 13.7. The second-order valence-electron chi connectivity index (χ2n) is 4.55. The lowest BCUT2D eigenvalue weighted by molar-refractivity contribution is 0.630. The van der Waals surface area contributed by atoms with Gasteiger partial charge in [0.2, 0.25) is 0 Å². The molecular weight excluding hydrogens is 291 g/mol. The number of nitrogens with zero attached hydrogens (tertiary/aromatic N) is 2. The maximum atomic E-state index is 13.7. The molecule has 1 unspecified atom stereocenters. The van der Waals surface area contributed by atoms with Gasteiger partial charge in [-0.1, -0.05) is 35.9 Å². The summed E-state index contributed by atoms with van der Waals surface area (Å²) in [7, 11) is 0. The van der Waals surface area contributed by atoms with Crippen LogP contribution in [0.1, 0.15) is 17.4 Å². The van der Waals surface area contributed by atoms with Gasteiger partial charge < -0.3 is 5.73 Å². The van der Waals surface area contributed by atoms with Crippen molar-refractivity contribution in [3.05, 3.63) is 70.8 Å². The minimum Gasteiger partial charge on any atom is -0.318 e.